The van der Waals surface area contributed by atoms with Gasteiger partial charge in [-0.1, -0.05) is 83.8 Å². The van der Waals surface area contributed by atoms with Gasteiger partial charge >= 0.3 is 11.8 Å². The molecule has 1 aliphatic carbocycles. The molecule has 2 N–H and O–H groups in total. The Morgan fingerprint density at radius 2 is 1.26 bits per heavy atom. The van der Waals surface area contributed by atoms with E-state index in [1.54, 1.807) is 0 Å². The van der Waals surface area contributed by atoms with Gasteiger partial charge in [-0.05, 0) is 36.5 Å². The van der Waals surface area contributed by atoms with Crippen LogP contribution in [0.2, 0.25) is 0 Å². The van der Waals surface area contributed by atoms with Crippen molar-refractivity contribution >= 4 is 17.5 Å². The molecule has 1 aromatic rings. The maximum Gasteiger partial charge on any atom is 0.313 e. The molecule has 2 rings (SSSR count). The molecule has 1 aromatic carbocycles. The number of nitrogens with one attached hydrogen (secondary N) is 2. The number of benzene rings is 1. The van der Waals surface area contributed by atoms with Crippen molar-refractivity contribution in [3.63, 3.8) is 0 Å². The summed E-state index contributed by atoms with van der Waals surface area (Å²) < 4.78 is 0. The Morgan fingerprint density at radius 1 is 0.778 bits per heavy atom. The maximum atomic E-state index is 12.3. The molecule has 4 heteroatoms. The first-order valence-electron chi connectivity index (χ1n) is 10.8. The van der Waals surface area contributed by atoms with E-state index in [9.17, 15) is 9.59 Å². The zero-order chi connectivity index (χ0) is 19.5. The van der Waals surface area contributed by atoms with Gasteiger partial charge < -0.3 is 10.6 Å². The zero-order valence-corrected chi connectivity index (χ0v) is 17.1. The maximum absolute atomic E-state index is 12.3. The topological polar surface area (TPSA) is 58.2 Å². The number of carbonyl (C=O) groups excluding carboxylic acids is 2. The molecule has 2 amide bonds. The molecular weight excluding hydrogens is 336 g/mol. The summed E-state index contributed by atoms with van der Waals surface area (Å²) in [7, 11) is 0. The summed E-state index contributed by atoms with van der Waals surface area (Å²) >= 11 is 0. The summed E-state index contributed by atoms with van der Waals surface area (Å²) in [6.07, 6.45) is 13.2. The summed E-state index contributed by atoms with van der Waals surface area (Å²) in [4.78, 5) is 24.6. The number of amides is 2. The summed E-state index contributed by atoms with van der Waals surface area (Å²) in [6.45, 7) is 4.26. The molecule has 0 unspecified atom stereocenters. The van der Waals surface area contributed by atoms with Gasteiger partial charge in [-0.3, -0.25) is 9.59 Å². The van der Waals surface area contributed by atoms with Crippen LogP contribution in [0, 0.1) is 0 Å². The molecule has 4 nitrogen and oxygen atoms in total. The second-order valence-corrected chi connectivity index (χ2v) is 8.16. The van der Waals surface area contributed by atoms with E-state index in [4.69, 9.17) is 0 Å². The van der Waals surface area contributed by atoms with E-state index in [2.05, 4.69) is 24.5 Å². The molecule has 27 heavy (non-hydrogen) atoms. The molecule has 0 radical (unpaired) electrons. The van der Waals surface area contributed by atoms with Crippen molar-refractivity contribution in [1.82, 2.24) is 5.32 Å². The Morgan fingerprint density at radius 3 is 1.74 bits per heavy atom. The van der Waals surface area contributed by atoms with Crippen LogP contribution in [0.25, 0.3) is 0 Å². The van der Waals surface area contributed by atoms with Crippen LogP contribution in [-0.4, -0.2) is 17.9 Å². The molecular formula is C23H36N2O2. The normalized spacial score (nSPS) is 17.6. The molecule has 150 valence electrons. The Kier molecular flexibility index (Phi) is 9.37. The lowest BCUT2D eigenvalue weighted by molar-refractivity contribution is -0.136. The molecule has 1 saturated carbocycles. The Bertz CT molecular complexity index is 569. The van der Waals surface area contributed by atoms with E-state index in [1.165, 1.54) is 50.5 Å². The van der Waals surface area contributed by atoms with Crippen LogP contribution in [0.3, 0.4) is 0 Å². The Hall–Kier alpha value is -1.84. The van der Waals surface area contributed by atoms with E-state index in [-0.39, 0.29) is 6.04 Å². The van der Waals surface area contributed by atoms with Crippen molar-refractivity contribution in [3.8, 4) is 0 Å². The molecule has 0 saturated heterocycles. The highest BCUT2D eigenvalue weighted by molar-refractivity contribution is 6.39. The fourth-order valence-corrected chi connectivity index (χ4v) is 3.70. The third-order valence-electron chi connectivity index (χ3n) is 5.48. The monoisotopic (exact) mass is 372 g/mol. The average molecular weight is 373 g/mol. The number of anilines is 1. The van der Waals surface area contributed by atoms with Gasteiger partial charge in [-0.15, -0.1) is 0 Å². The van der Waals surface area contributed by atoms with E-state index in [1.807, 2.05) is 24.3 Å². The van der Waals surface area contributed by atoms with Crippen LogP contribution in [-0.2, 0) is 9.59 Å². The molecule has 0 heterocycles. The Balaban J connectivity index is 1.83. The lowest BCUT2D eigenvalue weighted by Gasteiger charge is -2.19. The number of hydrogen-bond acceptors (Lipinski definition) is 2. The van der Waals surface area contributed by atoms with Crippen molar-refractivity contribution in [1.29, 1.82) is 0 Å². The predicted octanol–water partition coefficient (Wildman–Crippen LogP) is 5.54. The van der Waals surface area contributed by atoms with E-state index < -0.39 is 11.8 Å². The molecule has 0 aromatic heterocycles. The van der Waals surface area contributed by atoms with Gasteiger partial charge in [-0.25, -0.2) is 0 Å². The first kappa shape index (κ1) is 21.5. The lowest BCUT2D eigenvalue weighted by atomic mass is 9.98. The third kappa shape index (κ3) is 8.15. The van der Waals surface area contributed by atoms with E-state index in [0.29, 0.717) is 11.6 Å². The van der Waals surface area contributed by atoms with Gasteiger partial charge in [0.1, 0.15) is 0 Å². The van der Waals surface area contributed by atoms with E-state index in [0.717, 1.165) is 25.7 Å². The number of hydrogen-bond donors (Lipinski definition) is 2. The minimum Gasteiger partial charge on any atom is -0.345 e. The van der Waals surface area contributed by atoms with Gasteiger partial charge in [0.25, 0.3) is 0 Å². The highest BCUT2D eigenvalue weighted by Gasteiger charge is 2.19. The standard InChI is InChI=1S/C23H36N2O2/c1-18(2)19-14-16-21(17-15-19)25-23(27)22(26)24-20-12-10-8-6-4-3-5-7-9-11-13-20/h14-18,20H,3-13H2,1-2H3,(H,24,26)(H,25,27). The first-order valence-corrected chi connectivity index (χ1v) is 10.8. The van der Waals surface area contributed by atoms with Crippen LogP contribution in [0.5, 0.6) is 0 Å². The van der Waals surface area contributed by atoms with Crippen molar-refractivity contribution in [2.75, 3.05) is 5.32 Å². The molecule has 0 atom stereocenters. The molecule has 0 bridgehead atoms. The highest BCUT2D eigenvalue weighted by atomic mass is 16.2. The molecule has 0 aliphatic heterocycles. The first-order chi connectivity index (χ1) is 13.1. The van der Waals surface area contributed by atoms with Crippen LogP contribution in [0.1, 0.15) is 96.0 Å². The van der Waals surface area contributed by atoms with Crippen molar-refractivity contribution in [2.45, 2.75) is 96.4 Å². The summed E-state index contributed by atoms with van der Waals surface area (Å²) in [5, 5.41) is 5.68. The largest absolute Gasteiger partial charge is 0.345 e. The van der Waals surface area contributed by atoms with Gasteiger partial charge in [0, 0.05) is 11.7 Å². The van der Waals surface area contributed by atoms with Crippen LogP contribution in [0.15, 0.2) is 24.3 Å². The third-order valence-corrected chi connectivity index (χ3v) is 5.48. The fraction of sp³-hybridized carbons (Fsp3) is 0.652. The minimum absolute atomic E-state index is 0.117. The minimum atomic E-state index is -0.571. The van der Waals surface area contributed by atoms with Crippen molar-refractivity contribution in [3.05, 3.63) is 29.8 Å². The zero-order valence-electron chi connectivity index (χ0n) is 17.1. The second-order valence-electron chi connectivity index (χ2n) is 8.16. The Labute approximate surface area is 164 Å². The van der Waals surface area contributed by atoms with Crippen molar-refractivity contribution < 1.29 is 9.59 Å². The van der Waals surface area contributed by atoms with Gasteiger partial charge in [0.05, 0.1) is 0 Å². The molecule has 1 aliphatic rings. The van der Waals surface area contributed by atoms with Crippen LogP contribution < -0.4 is 10.6 Å². The smallest absolute Gasteiger partial charge is 0.313 e. The SMILES string of the molecule is CC(C)c1ccc(NC(=O)C(=O)NC2CCCCCCCCCCC2)cc1. The second kappa shape index (κ2) is 11.8. The van der Waals surface area contributed by atoms with Crippen LogP contribution in [0.4, 0.5) is 5.69 Å². The molecule has 0 spiro atoms. The number of rotatable bonds is 3. The summed E-state index contributed by atoms with van der Waals surface area (Å²) in [6, 6.07) is 7.81. The quantitative estimate of drug-likeness (QED) is 0.685. The van der Waals surface area contributed by atoms with Crippen LogP contribution >= 0.6 is 0 Å². The molecule has 1 fully saturated rings. The van der Waals surface area contributed by atoms with Gasteiger partial charge in [0.2, 0.25) is 0 Å². The van der Waals surface area contributed by atoms with Crippen molar-refractivity contribution in [2.24, 2.45) is 0 Å². The summed E-state index contributed by atoms with van der Waals surface area (Å²) in [5.74, 6) is -0.641. The average Bonchev–Trinajstić information content (AvgIpc) is 2.64. The fourth-order valence-electron chi connectivity index (χ4n) is 3.70. The predicted molar refractivity (Wildman–Crippen MR) is 112 cm³/mol. The highest BCUT2D eigenvalue weighted by Crippen LogP contribution is 2.18. The van der Waals surface area contributed by atoms with E-state index >= 15 is 0 Å². The van der Waals surface area contributed by atoms with Gasteiger partial charge in [-0.2, -0.15) is 0 Å². The number of carbonyl (C=O) groups is 2. The summed E-state index contributed by atoms with van der Waals surface area (Å²) in [5.41, 5.74) is 1.88. The lowest BCUT2D eigenvalue weighted by Crippen LogP contribution is -2.41. The van der Waals surface area contributed by atoms with Gasteiger partial charge in [0.15, 0.2) is 0 Å².